The predicted molar refractivity (Wildman–Crippen MR) is 77.0 cm³/mol. The second kappa shape index (κ2) is 7.13. The number of rotatable bonds is 7. The van der Waals surface area contributed by atoms with Gasteiger partial charge in [0, 0.05) is 18.6 Å². The molecule has 6 heteroatoms. The van der Waals surface area contributed by atoms with E-state index < -0.39 is 6.36 Å². The molecular formula is C15H23F3N2O. The largest absolute Gasteiger partial charge is 0.573 e. The summed E-state index contributed by atoms with van der Waals surface area (Å²) < 4.78 is 40.2. The first kappa shape index (κ1) is 17.8. The van der Waals surface area contributed by atoms with E-state index in [2.05, 4.69) is 30.4 Å². The number of hydrogen-bond acceptors (Lipinski definition) is 3. The number of hydrogen-bond donors (Lipinski definition) is 1. The van der Waals surface area contributed by atoms with E-state index in [0.717, 1.165) is 18.5 Å². The number of halogens is 3. The van der Waals surface area contributed by atoms with Gasteiger partial charge in [0.25, 0.3) is 0 Å². The van der Waals surface area contributed by atoms with Crippen molar-refractivity contribution in [1.82, 2.24) is 4.90 Å². The first-order valence-electron chi connectivity index (χ1n) is 6.98. The monoisotopic (exact) mass is 304 g/mol. The van der Waals surface area contributed by atoms with Crippen molar-refractivity contribution >= 4 is 0 Å². The predicted octanol–water partition coefficient (Wildman–Crippen LogP) is 3.53. The van der Waals surface area contributed by atoms with Crippen LogP contribution in [0.1, 0.15) is 32.8 Å². The van der Waals surface area contributed by atoms with Crippen LogP contribution in [0, 0.1) is 0 Å². The van der Waals surface area contributed by atoms with Crippen LogP contribution in [0.3, 0.4) is 0 Å². The van der Waals surface area contributed by atoms with Crippen molar-refractivity contribution in [1.29, 1.82) is 0 Å². The average Bonchev–Trinajstić information content (AvgIpc) is 2.38. The maximum Gasteiger partial charge on any atom is 0.573 e. The molecule has 0 heterocycles. The minimum atomic E-state index is -4.66. The molecule has 0 unspecified atom stereocenters. The zero-order chi connectivity index (χ0) is 16.1. The Morgan fingerprint density at radius 2 is 1.71 bits per heavy atom. The molecule has 0 radical (unpaired) electrons. The van der Waals surface area contributed by atoms with Gasteiger partial charge in [0.1, 0.15) is 5.75 Å². The summed E-state index contributed by atoms with van der Waals surface area (Å²) in [4.78, 5) is 2.23. The van der Waals surface area contributed by atoms with Crippen molar-refractivity contribution in [2.75, 3.05) is 13.1 Å². The van der Waals surface area contributed by atoms with E-state index in [1.54, 1.807) is 12.1 Å². The lowest BCUT2D eigenvalue weighted by molar-refractivity contribution is -0.274. The molecular weight excluding hydrogens is 281 g/mol. The average molecular weight is 304 g/mol. The van der Waals surface area contributed by atoms with Gasteiger partial charge in [0.15, 0.2) is 0 Å². The molecule has 21 heavy (non-hydrogen) atoms. The molecule has 120 valence electrons. The molecule has 1 aromatic rings. The number of benzene rings is 1. The van der Waals surface area contributed by atoms with E-state index in [1.807, 2.05) is 0 Å². The molecule has 1 rings (SSSR count). The summed E-state index contributed by atoms with van der Waals surface area (Å²) in [5.41, 5.74) is 6.57. The van der Waals surface area contributed by atoms with Crippen molar-refractivity contribution in [2.45, 2.75) is 45.6 Å². The van der Waals surface area contributed by atoms with E-state index >= 15 is 0 Å². The fraction of sp³-hybridized carbons (Fsp3) is 0.600. The van der Waals surface area contributed by atoms with Gasteiger partial charge in [0.05, 0.1) is 0 Å². The van der Waals surface area contributed by atoms with E-state index in [4.69, 9.17) is 5.73 Å². The Labute approximate surface area is 123 Å². The first-order chi connectivity index (χ1) is 9.68. The topological polar surface area (TPSA) is 38.5 Å². The molecule has 0 saturated heterocycles. The zero-order valence-electron chi connectivity index (χ0n) is 12.7. The highest BCUT2D eigenvalue weighted by Crippen LogP contribution is 2.24. The second-order valence-electron chi connectivity index (χ2n) is 5.63. The van der Waals surface area contributed by atoms with Gasteiger partial charge < -0.3 is 10.5 Å². The van der Waals surface area contributed by atoms with Gasteiger partial charge in [-0.2, -0.15) is 0 Å². The van der Waals surface area contributed by atoms with Crippen LogP contribution in [0.25, 0.3) is 0 Å². The van der Waals surface area contributed by atoms with Crippen molar-refractivity contribution in [2.24, 2.45) is 5.73 Å². The molecule has 0 aromatic heterocycles. The highest BCUT2D eigenvalue weighted by molar-refractivity contribution is 5.27. The third-order valence-electron chi connectivity index (χ3n) is 3.38. The second-order valence-corrected chi connectivity index (χ2v) is 5.63. The maximum absolute atomic E-state index is 12.1. The maximum atomic E-state index is 12.1. The minimum absolute atomic E-state index is 0.156. The molecule has 0 aliphatic carbocycles. The number of nitrogens with zero attached hydrogens (tertiary/aromatic N) is 1. The summed E-state index contributed by atoms with van der Waals surface area (Å²) in [5, 5.41) is 0. The highest BCUT2D eigenvalue weighted by Gasteiger charge is 2.31. The minimum Gasteiger partial charge on any atom is -0.406 e. The van der Waals surface area contributed by atoms with Crippen molar-refractivity contribution in [3.05, 3.63) is 29.8 Å². The van der Waals surface area contributed by atoms with Gasteiger partial charge >= 0.3 is 6.36 Å². The Kier molecular flexibility index (Phi) is 6.04. The lowest BCUT2D eigenvalue weighted by atomic mass is 10.0. The van der Waals surface area contributed by atoms with Gasteiger partial charge in [-0.25, -0.2) is 0 Å². The molecule has 0 fully saturated rings. The van der Waals surface area contributed by atoms with Gasteiger partial charge in [-0.15, -0.1) is 13.2 Å². The Morgan fingerprint density at radius 1 is 1.14 bits per heavy atom. The standard InChI is InChI=1S/C15H23F3N2O/c1-4-9-20(14(2,3)11-19)10-12-5-7-13(8-6-12)21-15(16,17)18/h5-8H,4,9-11,19H2,1-3H3. The summed E-state index contributed by atoms with van der Waals surface area (Å²) in [6, 6.07) is 5.97. The molecule has 3 nitrogen and oxygen atoms in total. The third kappa shape index (κ3) is 5.93. The van der Waals surface area contributed by atoms with Crippen molar-refractivity contribution in [3.8, 4) is 5.75 Å². The van der Waals surface area contributed by atoms with Crippen LogP contribution in [-0.2, 0) is 6.54 Å². The summed E-state index contributed by atoms with van der Waals surface area (Å²) in [7, 11) is 0. The van der Waals surface area contributed by atoms with Crippen LogP contribution in [0.15, 0.2) is 24.3 Å². The van der Waals surface area contributed by atoms with Crippen LogP contribution in [0.5, 0.6) is 5.75 Å². The van der Waals surface area contributed by atoms with Crippen molar-refractivity contribution in [3.63, 3.8) is 0 Å². The number of nitrogens with two attached hydrogens (primary N) is 1. The Bertz CT molecular complexity index is 430. The summed E-state index contributed by atoms with van der Waals surface area (Å²) >= 11 is 0. The normalized spacial score (nSPS) is 12.8. The van der Waals surface area contributed by atoms with Crippen LogP contribution in [0.2, 0.25) is 0 Å². The lowest BCUT2D eigenvalue weighted by Gasteiger charge is -2.37. The molecule has 0 bridgehead atoms. The van der Waals surface area contributed by atoms with Crippen molar-refractivity contribution < 1.29 is 17.9 Å². The zero-order valence-corrected chi connectivity index (χ0v) is 12.7. The summed E-state index contributed by atoms with van der Waals surface area (Å²) in [6.45, 7) is 8.24. The molecule has 0 spiro atoms. The first-order valence-corrected chi connectivity index (χ1v) is 6.98. The molecule has 0 saturated carbocycles. The van der Waals surface area contributed by atoms with Gasteiger partial charge in [-0.05, 0) is 44.5 Å². The van der Waals surface area contributed by atoms with E-state index in [-0.39, 0.29) is 11.3 Å². The van der Waals surface area contributed by atoms with E-state index in [0.29, 0.717) is 13.1 Å². The molecule has 2 N–H and O–H groups in total. The third-order valence-corrected chi connectivity index (χ3v) is 3.38. The Balaban J connectivity index is 2.77. The number of ether oxygens (including phenoxy) is 1. The van der Waals surface area contributed by atoms with Gasteiger partial charge in [-0.1, -0.05) is 19.1 Å². The number of alkyl halides is 3. The molecule has 0 amide bonds. The molecule has 0 aliphatic rings. The lowest BCUT2D eigenvalue weighted by Crippen LogP contribution is -2.49. The molecule has 1 aromatic carbocycles. The fourth-order valence-electron chi connectivity index (χ4n) is 2.01. The SMILES string of the molecule is CCCN(Cc1ccc(OC(F)(F)F)cc1)C(C)(C)CN. The quantitative estimate of drug-likeness (QED) is 0.837. The van der Waals surface area contributed by atoms with Crippen LogP contribution in [0.4, 0.5) is 13.2 Å². The fourth-order valence-corrected chi connectivity index (χ4v) is 2.01. The van der Waals surface area contributed by atoms with E-state index in [1.165, 1.54) is 12.1 Å². The van der Waals surface area contributed by atoms with Crippen LogP contribution in [-0.4, -0.2) is 29.9 Å². The molecule has 0 aliphatic heterocycles. The van der Waals surface area contributed by atoms with Gasteiger partial charge in [-0.3, -0.25) is 4.90 Å². The van der Waals surface area contributed by atoms with E-state index in [9.17, 15) is 13.2 Å². The Hall–Kier alpha value is -1.27. The van der Waals surface area contributed by atoms with Crippen LogP contribution >= 0.6 is 0 Å². The van der Waals surface area contributed by atoms with Crippen LogP contribution < -0.4 is 10.5 Å². The summed E-state index contributed by atoms with van der Waals surface area (Å²) in [5.74, 6) is -0.202. The molecule has 0 atom stereocenters. The highest BCUT2D eigenvalue weighted by atomic mass is 19.4. The Morgan fingerprint density at radius 3 is 2.14 bits per heavy atom. The smallest absolute Gasteiger partial charge is 0.406 e. The summed E-state index contributed by atoms with van der Waals surface area (Å²) in [6.07, 6.45) is -3.67. The van der Waals surface area contributed by atoms with Gasteiger partial charge in [0.2, 0.25) is 0 Å².